The van der Waals surface area contributed by atoms with Crippen molar-refractivity contribution in [2.24, 2.45) is 17.8 Å². The minimum Gasteiger partial charge on any atom is -0.216 e. The molecule has 0 bridgehead atoms. The van der Waals surface area contributed by atoms with Gasteiger partial charge in [-0.15, -0.1) is 0 Å². The Labute approximate surface area is 180 Å². The predicted molar refractivity (Wildman–Crippen MR) is 118 cm³/mol. The Morgan fingerprint density at radius 2 is 1.60 bits per heavy atom. The van der Waals surface area contributed by atoms with E-state index >= 15 is 0 Å². The minimum atomic E-state index is -0.531. The molecule has 30 heavy (non-hydrogen) atoms. The highest BCUT2D eigenvalue weighted by Gasteiger charge is 2.24. The van der Waals surface area contributed by atoms with E-state index < -0.39 is 11.6 Å². The average molecular weight is 417 g/mol. The lowest BCUT2D eigenvalue weighted by molar-refractivity contribution is 0.302. The van der Waals surface area contributed by atoms with Gasteiger partial charge in [0.25, 0.3) is 0 Å². The average Bonchev–Trinajstić information content (AvgIpc) is 2.75. The molecule has 0 saturated heterocycles. The molecule has 0 nitrogen and oxygen atoms in total. The van der Waals surface area contributed by atoms with E-state index in [1.807, 2.05) is 0 Å². The maximum Gasteiger partial charge on any atom is 0.142 e. The van der Waals surface area contributed by atoms with Crippen LogP contribution in [0.15, 0.2) is 24.5 Å². The highest BCUT2D eigenvalue weighted by molar-refractivity contribution is 5.40. The first-order valence-corrected chi connectivity index (χ1v) is 11.9. The Hall–Kier alpha value is -1.69. The first-order valence-electron chi connectivity index (χ1n) is 11.9. The maximum atomic E-state index is 14.7. The fourth-order valence-electron chi connectivity index (χ4n) is 5.15. The van der Waals surface area contributed by atoms with Crippen molar-refractivity contribution >= 4 is 0 Å². The molecule has 0 spiro atoms. The van der Waals surface area contributed by atoms with Crippen LogP contribution in [0.3, 0.4) is 0 Å². The summed E-state index contributed by atoms with van der Waals surface area (Å²) >= 11 is 0. The second-order valence-electron chi connectivity index (χ2n) is 9.27. The number of hydrogen-bond acceptors (Lipinski definition) is 0. The zero-order valence-corrected chi connectivity index (χ0v) is 18.2. The maximum absolute atomic E-state index is 14.7. The van der Waals surface area contributed by atoms with Gasteiger partial charge in [0.2, 0.25) is 0 Å². The van der Waals surface area contributed by atoms with E-state index in [1.165, 1.54) is 50.7 Å². The largest absolute Gasteiger partial charge is 0.216 e. The molecule has 0 amide bonds. The molecule has 3 rings (SSSR count). The van der Waals surface area contributed by atoms with Gasteiger partial charge in [-0.2, -0.15) is 0 Å². The van der Waals surface area contributed by atoms with Crippen LogP contribution in [-0.4, -0.2) is 0 Å². The van der Waals surface area contributed by atoms with Crippen molar-refractivity contribution in [3.05, 3.63) is 47.3 Å². The number of rotatable bonds is 6. The van der Waals surface area contributed by atoms with Crippen molar-refractivity contribution in [1.82, 2.24) is 0 Å². The van der Waals surface area contributed by atoms with Crippen LogP contribution < -0.4 is 0 Å². The van der Waals surface area contributed by atoms with Crippen molar-refractivity contribution in [2.75, 3.05) is 0 Å². The van der Waals surface area contributed by atoms with E-state index in [0.29, 0.717) is 6.33 Å². The third-order valence-electron chi connectivity index (χ3n) is 7.12. The topological polar surface area (TPSA) is 0 Å². The molecule has 0 N–H and O–H groups in total. The van der Waals surface area contributed by atoms with Gasteiger partial charge in [0.05, 0.1) is 11.9 Å². The molecule has 164 valence electrons. The number of halogens is 3. The molecule has 0 atom stereocenters. The third-order valence-corrected chi connectivity index (χ3v) is 7.12. The standard InChI is InChI=1S/C27H35F3/c1-2-3-4-5-20-10-13-23(14-11-20)24-18-26(29)25(27(30)19-24)15-12-21-6-8-22(9-7-21)16-17-28/h16-23H,2-11,13-14H2,1H3/t20-,21-,22-,23-. The zero-order chi connectivity index (χ0) is 21.3. The number of allylic oxidation sites excluding steroid dienone is 1. The summed E-state index contributed by atoms with van der Waals surface area (Å²) in [5.41, 5.74) is 0.693. The van der Waals surface area contributed by atoms with Gasteiger partial charge in [0.15, 0.2) is 0 Å². The second-order valence-corrected chi connectivity index (χ2v) is 9.27. The Morgan fingerprint density at radius 3 is 2.20 bits per heavy atom. The molecular formula is C27H35F3. The SMILES string of the molecule is CCCCC[C@H]1CC[C@H](c2cc(F)c(C#C[C@H]3CC[C@H](C=CF)CC3)c(F)c2)CC1. The smallest absolute Gasteiger partial charge is 0.142 e. The predicted octanol–water partition coefficient (Wildman–Crippen LogP) is 8.46. The van der Waals surface area contributed by atoms with Crippen LogP contribution in [0.4, 0.5) is 13.2 Å². The number of benzene rings is 1. The number of unbranched alkanes of at least 4 members (excludes halogenated alkanes) is 2. The van der Waals surface area contributed by atoms with Gasteiger partial charge in [-0.1, -0.05) is 50.5 Å². The van der Waals surface area contributed by atoms with Crippen LogP contribution in [0.25, 0.3) is 0 Å². The molecule has 0 heterocycles. The van der Waals surface area contributed by atoms with Crippen LogP contribution in [0, 0.1) is 41.2 Å². The van der Waals surface area contributed by atoms with Crippen molar-refractivity contribution < 1.29 is 13.2 Å². The summed E-state index contributed by atoms with van der Waals surface area (Å²) in [5, 5.41) is 0. The van der Waals surface area contributed by atoms with Crippen LogP contribution in [0.1, 0.15) is 101 Å². The Kier molecular flexibility index (Phi) is 8.91. The second kappa shape index (κ2) is 11.6. The van der Waals surface area contributed by atoms with Crippen LogP contribution in [0.2, 0.25) is 0 Å². The molecule has 0 aromatic heterocycles. The Bertz CT molecular complexity index is 731. The lowest BCUT2D eigenvalue weighted by Gasteiger charge is -2.29. The fraction of sp³-hybridized carbons (Fsp3) is 0.630. The third kappa shape index (κ3) is 6.40. The summed E-state index contributed by atoms with van der Waals surface area (Å²) in [6, 6.07) is 3.02. The fourth-order valence-corrected chi connectivity index (χ4v) is 5.15. The monoisotopic (exact) mass is 416 g/mol. The first-order chi connectivity index (χ1) is 14.6. The molecule has 2 saturated carbocycles. The molecule has 2 fully saturated rings. The summed E-state index contributed by atoms with van der Waals surface area (Å²) in [6.07, 6.45) is 15.2. The molecule has 1 aromatic rings. The summed E-state index contributed by atoms with van der Waals surface area (Å²) in [6.45, 7) is 2.23. The zero-order valence-electron chi connectivity index (χ0n) is 18.2. The minimum absolute atomic E-state index is 0.0993. The van der Waals surface area contributed by atoms with Crippen LogP contribution in [0.5, 0.6) is 0 Å². The van der Waals surface area contributed by atoms with E-state index in [4.69, 9.17) is 0 Å². The molecule has 1 aromatic carbocycles. The van der Waals surface area contributed by atoms with Crippen molar-refractivity contribution in [2.45, 2.75) is 89.9 Å². The van der Waals surface area contributed by atoms with Gasteiger partial charge >= 0.3 is 0 Å². The number of hydrogen-bond donors (Lipinski definition) is 0. The van der Waals surface area contributed by atoms with Gasteiger partial charge < -0.3 is 0 Å². The first kappa shape index (κ1) is 23.0. The van der Waals surface area contributed by atoms with Crippen LogP contribution in [-0.2, 0) is 0 Å². The molecule has 0 radical (unpaired) electrons. The van der Waals surface area contributed by atoms with E-state index in [2.05, 4.69) is 18.8 Å². The quantitative estimate of drug-likeness (QED) is 0.322. The summed E-state index contributed by atoms with van der Waals surface area (Å²) in [4.78, 5) is 0. The van der Waals surface area contributed by atoms with E-state index in [1.54, 1.807) is 6.08 Å². The normalized spacial score (nSPS) is 27.1. The highest BCUT2D eigenvalue weighted by atomic mass is 19.1. The van der Waals surface area contributed by atoms with Crippen molar-refractivity contribution in [3.63, 3.8) is 0 Å². The molecule has 0 unspecified atom stereocenters. The van der Waals surface area contributed by atoms with Crippen LogP contribution >= 0.6 is 0 Å². The Morgan fingerprint density at radius 1 is 0.933 bits per heavy atom. The van der Waals surface area contributed by atoms with E-state index in [0.717, 1.165) is 50.0 Å². The van der Waals surface area contributed by atoms with Gasteiger partial charge in [-0.3, -0.25) is 0 Å². The molecule has 0 aliphatic heterocycles. The summed E-state index contributed by atoms with van der Waals surface area (Å²) < 4.78 is 41.6. The van der Waals surface area contributed by atoms with Gasteiger partial charge in [0.1, 0.15) is 11.6 Å². The van der Waals surface area contributed by atoms with Crippen molar-refractivity contribution in [1.29, 1.82) is 0 Å². The van der Waals surface area contributed by atoms with Crippen molar-refractivity contribution in [3.8, 4) is 11.8 Å². The lowest BCUT2D eigenvalue weighted by atomic mass is 9.77. The van der Waals surface area contributed by atoms with Gasteiger partial charge in [-0.05, 0) is 86.8 Å². The van der Waals surface area contributed by atoms with E-state index in [-0.39, 0.29) is 23.3 Å². The Balaban J connectivity index is 1.58. The van der Waals surface area contributed by atoms with E-state index in [9.17, 15) is 13.2 Å². The molecule has 2 aliphatic rings. The molecule has 2 aliphatic carbocycles. The highest BCUT2D eigenvalue weighted by Crippen LogP contribution is 2.38. The summed E-state index contributed by atoms with van der Waals surface area (Å²) in [7, 11) is 0. The molecule has 3 heteroatoms. The molecular weight excluding hydrogens is 381 g/mol. The van der Waals surface area contributed by atoms with Gasteiger partial charge in [0, 0.05) is 5.92 Å². The van der Waals surface area contributed by atoms with Gasteiger partial charge in [-0.25, -0.2) is 13.2 Å². The summed E-state index contributed by atoms with van der Waals surface area (Å²) in [5.74, 6) is 6.22. The lowest BCUT2D eigenvalue weighted by Crippen LogP contribution is -2.14.